The average molecular weight is 288 g/mol. The van der Waals surface area contributed by atoms with E-state index >= 15 is 0 Å². The molecule has 0 aliphatic heterocycles. The van der Waals surface area contributed by atoms with E-state index in [1.807, 2.05) is 0 Å². The van der Waals surface area contributed by atoms with Crippen LogP contribution in [0.2, 0.25) is 0 Å². The smallest absolute Gasteiger partial charge is 0.326 e. The van der Waals surface area contributed by atoms with E-state index < -0.39 is 35.9 Å². The average Bonchev–Trinajstić information content (AvgIpc) is 2.29. The van der Waals surface area contributed by atoms with Crippen molar-refractivity contribution in [3.05, 3.63) is 0 Å². The summed E-state index contributed by atoms with van der Waals surface area (Å²) in [4.78, 5) is 44.2. The lowest BCUT2D eigenvalue weighted by molar-refractivity contribution is -0.139. The molecule has 114 valence electrons. The molecule has 7 N–H and O–H groups in total. The molecule has 0 saturated heterocycles. The molecule has 20 heavy (non-hydrogen) atoms. The minimum absolute atomic E-state index is 0.138. The number of primary amides is 2. The number of aliphatic carboxylic acids is 1. The highest BCUT2D eigenvalue weighted by Gasteiger charge is 2.25. The highest BCUT2D eigenvalue weighted by molar-refractivity contribution is 5.88. The van der Waals surface area contributed by atoms with Gasteiger partial charge in [0.05, 0.1) is 0 Å². The number of carbonyl (C=O) groups is 4. The number of carboxylic acids is 1. The summed E-state index contributed by atoms with van der Waals surface area (Å²) in [7, 11) is 0. The zero-order chi connectivity index (χ0) is 15.9. The van der Waals surface area contributed by atoms with E-state index in [1.165, 1.54) is 0 Å². The molecule has 0 aliphatic carbocycles. The summed E-state index contributed by atoms with van der Waals surface area (Å²) in [6, 6.07) is -3.04. The monoisotopic (exact) mass is 288 g/mol. The maximum Gasteiger partial charge on any atom is 0.326 e. The Morgan fingerprint density at radius 1 is 1.10 bits per heavy atom. The zero-order valence-corrected chi connectivity index (χ0v) is 11.4. The van der Waals surface area contributed by atoms with Crippen LogP contribution in [0, 0.1) is 5.92 Å². The number of hydrogen-bond donors (Lipinski definition) is 5. The van der Waals surface area contributed by atoms with Gasteiger partial charge in [0.1, 0.15) is 12.1 Å². The molecule has 0 fully saturated rings. The van der Waals surface area contributed by atoms with Crippen molar-refractivity contribution in [3.8, 4) is 0 Å². The Hall–Kier alpha value is -2.32. The minimum atomic E-state index is -1.30. The van der Waals surface area contributed by atoms with Gasteiger partial charge in [0.25, 0.3) is 0 Å². The molecule has 0 saturated carbocycles. The normalized spacial score (nSPS) is 13.3. The van der Waals surface area contributed by atoms with E-state index in [0.29, 0.717) is 0 Å². The third kappa shape index (κ3) is 6.57. The van der Waals surface area contributed by atoms with Crippen LogP contribution in [0.1, 0.15) is 26.7 Å². The van der Waals surface area contributed by atoms with Gasteiger partial charge in [0, 0.05) is 6.42 Å². The van der Waals surface area contributed by atoms with Gasteiger partial charge < -0.3 is 27.2 Å². The van der Waals surface area contributed by atoms with E-state index in [0.717, 1.165) is 0 Å². The molecule has 0 bridgehead atoms. The number of carbonyl (C=O) groups excluding carboxylic acids is 3. The van der Waals surface area contributed by atoms with Crippen LogP contribution in [0.3, 0.4) is 0 Å². The predicted molar refractivity (Wildman–Crippen MR) is 69.3 cm³/mol. The van der Waals surface area contributed by atoms with Crippen LogP contribution in [0.5, 0.6) is 0 Å². The minimum Gasteiger partial charge on any atom is -0.480 e. The predicted octanol–water partition coefficient (Wildman–Crippen LogP) is -1.49. The molecule has 4 amide bonds. The summed E-state index contributed by atoms with van der Waals surface area (Å²) in [5.41, 5.74) is 10.0. The highest BCUT2D eigenvalue weighted by Crippen LogP contribution is 2.02. The van der Waals surface area contributed by atoms with Gasteiger partial charge in [-0.15, -0.1) is 0 Å². The van der Waals surface area contributed by atoms with E-state index in [4.69, 9.17) is 16.6 Å². The number of hydrogen-bond acceptors (Lipinski definition) is 4. The lowest BCUT2D eigenvalue weighted by Crippen LogP contribution is -2.54. The van der Waals surface area contributed by atoms with Gasteiger partial charge in [0.15, 0.2) is 0 Å². The molecule has 0 rings (SSSR count). The van der Waals surface area contributed by atoms with Crippen LogP contribution < -0.4 is 22.1 Å². The molecule has 0 spiro atoms. The number of rotatable bonds is 8. The van der Waals surface area contributed by atoms with Crippen molar-refractivity contribution in [2.45, 2.75) is 38.8 Å². The van der Waals surface area contributed by atoms with Gasteiger partial charge in [-0.05, 0) is 12.3 Å². The number of urea groups is 1. The molecule has 0 heterocycles. The van der Waals surface area contributed by atoms with Gasteiger partial charge in [-0.2, -0.15) is 0 Å². The first kappa shape index (κ1) is 17.7. The molecule has 9 nitrogen and oxygen atoms in total. The third-order valence-electron chi connectivity index (χ3n) is 2.54. The van der Waals surface area contributed by atoms with Crippen LogP contribution in [-0.2, 0) is 14.4 Å². The second-order valence-corrected chi connectivity index (χ2v) is 4.64. The molecule has 0 aromatic carbocycles. The van der Waals surface area contributed by atoms with Crippen LogP contribution in [0.15, 0.2) is 0 Å². The van der Waals surface area contributed by atoms with Gasteiger partial charge in [-0.1, -0.05) is 13.8 Å². The molecule has 0 aliphatic rings. The standard InChI is InChI=1S/C11H20N4O5/c1-5(2)8(9(13)17)15-11(20)14-6(10(18)19)3-4-7(12)16/h5-6,8H,3-4H2,1-2H3,(H2,12,16)(H2,13,17)(H,18,19)(H2,14,15,20)/t6-,8?/m1/s1. The van der Waals surface area contributed by atoms with E-state index in [2.05, 4.69) is 10.6 Å². The van der Waals surface area contributed by atoms with E-state index in [9.17, 15) is 19.2 Å². The fraction of sp³-hybridized carbons (Fsp3) is 0.636. The Labute approximate surface area is 116 Å². The summed E-state index contributed by atoms with van der Waals surface area (Å²) in [5.74, 6) is -2.94. The summed E-state index contributed by atoms with van der Waals surface area (Å²) in [5, 5.41) is 13.3. The first-order chi connectivity index (χ1) is 9.15. The Morgan fingerprint density at radius 3 is 2.00 bits per heavy atom. The topological polar surface area (TPSA) is 165 Å². The lowest BCUT2D eigenvalue weighted by Gasteiger charge is -2.21. The highest BCUT2D eigenvalue weighted by atomic mass is 16.4. The Balaban J connectivity index is 4.56. The molecule has 9 heteroatoms. The SMILES string of the molecule is CC(C)C(NC(=O)N[C@H](CCC(N)=O)C(=O)O)C(N)=O. The van der Waals surface area contributed by atoms with Crippen molar-refractivity contribution in [1.82, 2.24) is 10.6 Å². The summed E-state index contributed by atoms with van der Waals surface area (Å²) < 4.78 is 0. The zero-order valence-electron chi connectivity index (χ0n) is 11.4. The van der Waals surface area contributed by atoms with Crippen LogP contribution in [0.25, 0.3) is 0 Å². The maximum absolute atomic E-state index is 11.6. The molecular formula is C11H20N4O5. The van der Waals surface area contributed by atoms with E-state index in [1.54, 1.807) is 13.8 Å². The van der Waals surface area contributed by atoms with Crippen molar-refractivity contribution in [3.63, 3.8) is 0 Å². The Kier molecular flexibility index (Phi) is 7.05. The Morgan fingerprint density at radius 2 is 1.65 bits per heavy atom. The lowest BCUT2D eigenvalue weighted by atomic mass is 10.0. The van der Waals surface area contributed by atoms with Crippen molar-refractivity contribution in [1.29, 1.82) is 0 Å². The third-order valence-corrected chi connectivity index (χ3v) is 2.54. The van der Waals surface area contributed by atoms with Crippen molar-refractivity contribution < 1.29 is 24.3 Å². The number of amides is 4. The van der Waals surface area contributed by atoms with Gasteiger partial charge in [-0.25, -0.2) is 9.59 Å². The first-order valence-corrected chi connectivity index (χ1v) is 6.02. The molecule has 0 aromatic heterocycles. The second-order valence-electron chi connectivity index (χ2n) is 4.64. The van der Waals surface area contributed by atoms with Crippen LogP contribution in [-0.4, -0.2) is 41.0 Å². The molecule has 2 atom stereocenters. The van der Waals surface area contributed by atoms with Crippen LogP contribution in [0.4, 0.5) is 4.79 Å². The quantitative estimate of drug-likeness (QED) is 0.366. The number of nitrogens with one attached hydrogen (secondary N) is 2. The number of carboxylic acid groups (broad SMARTS) is 1. The molecular weight excluding hydrogens is 268 g/mol. The van der Waals surface area contributed by atoms with Crippen molar-refractivity contribution in [2.75, 3.05) is 0 Å². The van der Waals surface area contributed by atoms with Gasteiger partial charge in [-0.3, -0.25) is 9.59 Å². The fourth-order valence-corrected chi connectivity index (χ4v) is 1.45. The molecule has 0 radical (unpaired) electrons. The maximum atomic E-state index is 11.6. The number of nitrogens with two attached hydrogens (primary N) is 2. The van der Waals surface area contributed by atoms with Crippen molar-refractivity contribution >= 4 is 23.8 Å². The molecule has 0 aromatic rings. The Bertz CT molecular complexity index is 396. The van der Waals surface area contributed by atoms with Crippen molar-refractivity contribution in [2.24, 2.45) is 17.4 Å². The first-order valence-electron chi connectivity index (χ1n) is 6.02. The van der Waals surface area contributed by atoms with Gasteiger partial charge in [0.2, 0.25) is 11.8 Å². The summed E-state index contributed by atoms with van der Waals surface area (Å²) >= 11 is 0. The van der Waals surface area contributed by atoms with E-state index in [-0.39, 0.29) is 18.8 Å². The van der Waals surface area contributed by atoms with Gasteiger partial charge >= 0.3 is 12.0 Å². The fourth-order valence-electron chi connectivity index (χ4n) is 1.45. The van der Waals surface area contributed by atoms with Crippen LogP contribution >= 0.6 is 0 Å². The summed E-state index contributed by atoms with van der Waals surface area (Å²) in [6.07, 6.45) is -0.318. The molecule has 1 unspecified atom stereocenters. The largest absolute Gasteiger partial charge is 0.480 e. The summed E-state index contributed by atoms with van der Waals surface area (Å²) in [6.45, 7) is 3.36. The second kappa shape index (κ2) is 7.97.